The zero-order valence-corrected chi connectivity index (χ0v) is 13.8. The lowest BCUT2D eigenvalue weighted by atomic mass is 10.1. The fourth-order valence-corrected chi connectivity index (χ4v) is 3.08. The van der Waals surface area contributed by atoms with Crippen LogP contribution in [-0.4, -0.2) is 30.1 Å². The smallest absolute Gasteiger partial charge is 0.123 e. The molecule has 0 saturated carbocycles. The molecule has 4 heteroatoms. The molecule has 23 heavy (non-hydrogen) atoms. The summed E-state index contributed by atoms with van der Waals surface area (Å²) in [5.74, 6) is 0.973. The average molecular weight is 311 g/mol. The van der Waals surface area contributed by atoms with Gasteiger partial charge in [0, 0.05) is 37.6 Å². The van der Waals surface area contributed by atoms with Gasteiger partial charge in [-0.15, -0.1) is 0 Å². The highest BCUT2D eigenvalue weighted by atomic mass is 16.5. The molecule has 2 heterocycles. The first-order valence-corrected chi connectivity index (χ1v) is 8.33. The van der Waals surface area contributed by atoms with Crippen molar-refractivity contribution in [2.75, 3.05) is 20.2 Å². The lowest BCUT2D eigenvalue weighted by Crippen LogP contribution is -2.18. The van der Waals surface area contributed by atoms with E-state index in [9.17, 15) is 0 Å². The lowest BCUT2D eigenvalue weighted by molar-refractivity contribution is 0.330. The van der Waals surface area contributed by atoms with E-state index in [2.05, 4.69) is 39.5 Å². The van der Waals surface area contributed by atoms with Gasteiger partial charge in [0.1, 0.15) is 5.75 Å². The number of rotatable bonds is 7. The Labute approximate surface area is 138 Å². The SMILES string of the molecule is COc1cc(CN2CCCC2)ccc1CNCc1cccnc1. The summed E-state index contributed by atoms with van der Waals surface area (Å²) in [5, 5.41) is 3.45. The molecule has 2 aromatic rings. The largest absolute Gasteiger partial charge is 0.496 e. The number of hydrogen-bond donors (Lipinski definition) is 1. The van der Waals surface area contributed by atoms with Gasteiger partial charge in [-0.05, 0) is 49.2 Å². The number of nitrogens with one attached hydrogen (secondary N) is 1. The van der Waals surface area contributed by atoms with Crippen molar-refractivity contribution in [1.29, 1.82) is 0 Å². The summed E-state index contributed by atoms with van der Waals surface area (Å²) in [6.45, 7) is 5.07. The summed E-state index contributed by atoms with van der Waals surface area (Å²) < 4.78 is 5.58. The van der Waals surface area contributed by atoms with Gasteiger partial charge in [0.25, 0.3) is 0 Å². The van der Waals surface area contributed by atoms with Crippen molar-refractivity contribution in [3.05, 3.63) is 59.4 Å². The topological polar surface area (TPSA) is 37.4 Å². The first-order valence-electron chi connectivity index (χ1n) is 8.33. The molecular weight excluding hydrogens is 286 g/mol. The van der Waals surface area contributed by atoms with Crippen LogP contribution in [0.5, 0.6) is 5.75 Å². The maximum Gasteiger partial charge on any atom is 0.123 e. The molecule has 1 aliphatic heterocycles. The van der Waals surface area contributed by atoms with Crippen LogP contribution in [0.15, 0.2) is 42.7 Å². The molecule has 122 valence electrons. The minimum atomic E-state index is 0.794. The van der Waals surface area contributed by atoms with Gasteiger partial charge in [0.2, 0.25) is 0 Å². The van der Waals surface area contributed by atoms with Crippen LogP contribution in [0.4, 0.5) is 0 Å². The molecule has 0 unspecified atom stereocenters. The number of benzene rings is 1. The Morgan fingerprint density at radius 2 is 2.00 bits per heavy atom. The molecule has 0 spiro atoms. The number of ether oxygens (including phenoxy) is 1. The summed E-state index contributed by atoms with van der Waals surface area (Å²) in [4.78, 5) is 6.64. The molecule has 0 aliphatic carbocycles. The van der Waals surface area contributed by atoms with E-state index in [1.54, 1.807) is 13.3 Å². The van der Waals surface area contributed by atoms with E-state index >= 15 is 0 Å². The molecule has 1 fully saturated rings. The van der Waals surface area contributed by atoms with Gasteiger partial charge in [-0.2, -0.15) is 0 Å². The third-order valence-electron chi connectivity index (χ3n) is 4.32. The van der Waals surface area contributed by atoms with Crippen molar-refractivity contribution in [2.24, 2.45) is 0 Å². The minimum absolute atomic E-state index is 0.794. The molecular formula is C19H25N3O. The molecule has 0 amide bonds. The molecule has 0 atom stereocenters. The van der Waals surface area contributed by atoms with E-state index in [0.717, 1.165) is 25.4 Å². The van der Waals surface area contributed by atoms with Crippen LogP contribution in [-0.2, 0) is 19.6 Å². The first kappa shape index (κ1) is 16.0. The normalized spacial score (nSPS) is 15.0. The Bertz CT molecular complexity index is 609. The minimum Gasteiger partial charge on any atom is -0.496 e. The molecule has 1 aliphatic rings. The molecule has 0 bridgehead atoms. The maximum absolute atomic E-state index is 5.58. The highest BCUT2D eigenvalue weighted by molar-refractivity contribution is 5.37. The number of nitrogens with zero attached hydrogens (tertiary/aromatic N) is 2. The molecule has 1 aromatic heterocycles. The van der Waals surface area contributed by atoms with Gasteiger partial charge in [0.05, 0.1) is 7.11 Å². The van der Waals surface area contributed by atoms with E-state index in [-0.39, 0.29) is 0 Å². The zero-order chi connectivity index (χ0) is 15.9. The van der Waals surface area contributed by atoms with Gasteiger partial charge in [0.15, 0.2) is 0 Å². The van der Waals surface area contributed by atoms with E-state index in [0.29, 0.717) is 0 Å². The fourth-order valence-electron chi connectivity index (χ4n) is 3.08. The highest BCUT2D eigenvalue weighted by Gasteiger charge is 2.13. The molecule has 1 saturated heterocycles. The van der Waals surface area contributed by atoms with Gasteiger partial charge in [-0.1, -0.05) is 18.2 Å². The second-order valence-corrected chi connectivity index (χ2v) is 6.09. The Balaban J connectivity index is 1.58. The van der Waals surface area contributed by atoms with Gasteiger partial charge >= 0.3 is 0 Å². The Kier molecular flexibility index (Phi) is 5.61. The van der Waals surface area contributed by atoms with Crippen molar-refractivity contribution >= 4 is 0 Å². The number of hydrogen-bond acceptors (Lipinski definition) is 4. The highest BCUT2D eigenvalue weighted by Crippen LogP contribution is 2.22. The maximum atomic E-state index is 5.58. The molecule has 4 nitrogen and oxygen atoms in total. The Morgan fingerprint density at radius 1 is 1.13 bits per heavy atom. The second-order valence-electron chi connectivity index (χ2n) is 6.09. The van der Waals surface area contributed by atoms with E-state index < -0.39 is 0 Å². The lowest BCUT2D eigenvalue weighted by Gasteiger charge is -2.16. The fraction of sp³-hybridized carbons (Fsp3) is 0.421. The van der Waals surface area contributed by atoms with Crippen LogP contribution in [0.1, 0.15) is 29.5 Å². The van der Waals surface area contributed by atoms with E-state index in [4.69, 9.17) is 4.74 Å². The quantitative estimate of drug-likeness (QED) is 0.853. The van der Waals surface area contributed by atoms with Crippen molar-refractivity contribution < 1.29 is 4.74 Å². The third kappa shape index (κ3) is 4.53. The van der Waals surface area contributed by atoms with Crippen LogP contribution < -0.4 is 10.1 Å². The van der Waals surface area contributed by atoms with Crippen molar-refractivity contribution in [3.8, 4) is 5.75 Å². The second kappa shape index (κ2) is 8.09. The van der Waals surface area contributed by atoms with E-state index in [1.807, 2.05) is 12.3 Å². The predicted molar refractivity (Wildman–Crippen MR) is 92.3 cm³/mol. The molecule has 3 rings (SSSR count). The third-order valence-corrected chi connectivity index (χ3v) is 4.32. The van der Waals surface area contributed by atoms with Crippen LogP contribution in [0.3, 0.4) is 0 Å². The molecule has 0 radical (unpaired) electrons. The van der Waals surface area contributed by atoms with Crippen LogP contribution in [0, 0.1) is 0 Å². The van der Waals surface area contributed by atoms with Gasteiger partial charge in [-0.3, -0.25) is 9.88 Å². The molecule has 1 aromatic carbocycles. The van der Waals surface area contributed by atoms with Crippen LogP contribution in [0.25, 0.3) is 0 Å². The van der Waals surface area contributed by atoms with Gasteiger partial charge < -0.3 is 10.1 Å². The monoisotopic (exact) mass is 311 g/mol. The first-order chi connectivity index (χ1) is 11.3. The number of likely N-dealkylation sites (tertiary alicyclic amines) is 1. The van der Waals surface area contributed by atoms with Crippen molar-refractivity contribution in [3.63, 3.8) is 0 Å². The number of methoxy groups -OCH3 is 1. The van der Waals surface area contributed by atoms with Crippen LogP contribution >= 0.6 is 0 Å². The summed E-state index contributed by atoms with van der Waals surface area (Å²) >= 11 is 0. The Hall–Kier alpha value is -1.91. The number of aromatic nitrogens is 1. The predicted octanol–water partition coefficient (Wildman–Crippen LogP) is 2.98. The Morgan fingerprint density at radius 3 is 2.74 bits per heavy atom. The summed E-state index contributed by atoms with van der Waals surface area (Å²) in [5.41, 5.74) is 3.72. The van der Waals surface area contributed by atoms with E-state index in [1.165, 1.54) is 42.6 Å². The standard InChI is InChI=1S/C19H25N3O/c1-23-19-11-16(15-22-9-2-3-10-22)6-7-18(19)14-21-13-17-5-4-8-20-12-17/h4-8,11-12,21H,2-3,9-10,13-15H2,1H3. The zero-order valence-electron chi connectivity index (χ0n) is 13.8. The summed E-state index contributed by atoms with van der Waals surface area (Å²) in [6, 6.07) is 10.6. The van der Waals surface area contributed by atoms with Crippen molar-refractivity contribution in [1.82, 2.24) is 15.2 Å². The van der Waals surface area contributed by atoms with Gasteiger partial charge in [-0.25, -0.2) is 0 Å². The summed E-state index contributed by atoms with van der Waals surface area (Å²) in [6.07, 6.45) is 6.34. The molecule has 1 N–H and O–H groups in total. The van der Waals surface area contributed by atoms with Crippen LogP contribution in [0.2, 0.25) is 0 Å². The number of pyridine rings is 1. The summed E-state index contributed by atoms with van der Waals surface area (Å²) in [7, 11) is 1.75. The van der Waals surface area contributed by atoms with Crippen molar-refractivity contribution in [2.45, 2.75) is 32.5 Å². The average Bonchev–Trinajstić information content (AvgIpc) is 3.10.